The van der Waals surface area contributed by atoms with E-state index < -0.39 is 0 Å². The number of allylic oxidation sites excluding steroid dienone is 1. The molecule has 0 aliphatic carbocycles. The van der Waals surface area contributed by atoms with Crippen molar-refractivity contribution in [2.75, 3.05) is 11.9 Å². The summed E-state index contributed by atoms with van der Waals surface area (Å²) in [6, 6.07) is 13.3. The van der Waals surface area contributed by atoms with E-state index in [0.717, 1.165) is 6.42 Å². The van der Waals surface area contributed by atoms with Crippen molar-refractivity contribution in [2.45, 2.75) is 27.2 Å². The number of aromatic nitrogens is 1. The maximum Gasteiger partial charge on any atom is 0.399 e. The van der Waals surface area contributed by atoms with E-state index in [9.17, 15) is 0 Å². The molecule has 0 amide bonds. The molecule has 2 aromatic rings. The Kier molecular flexibility index (Phi) is 4.30. The third kappa shape index (κ3) is 3.05. The summed E-state index contributed by atoms with van der Waals surface area (Å²) in [6.45, 7) is 7.09. The first-order valence-corrected chi connectivity index (χ1v) is 8.46. The summed E-state index contributed by atoms with van der Waals surface area (Å²) < 4.78 is 2.26. The minimum absolute atomic E-state index is 0.294. The highest BCUT2D eigenvalue weighted by Crippen LogP contribution is 2.29. The van der Waals surface area contributed by atoms with E-state index in [4.69, 9.17) is 0 Å². The van der Waals surface area contributed by atoms with Crippen LogP contribution in [0.2, 0.25) is 0 Å². The number of fused-ring (bicyclic) bond motifs is 1. The zero-order valence-electron chi connectivity index (χ0n) is 14.9. The third-order valence-corrected chi connectivity index (χ3v) is 4.70. The molecule has 0 N–H and O–H groups in total. The Morgan fingerprint density at radius 3 is 2.65 bits per heavy atom. The highest BCUT2D eigenvalue weighted by Gasteiger charge is 2.36. The van der Waals surface area contributed by atoms with Crippen molar-refractivity contribution in [1.82, 2.24) is 0 Å². The van der Waals surface area contributed by atoms with Crippen molar-refractivity contribution < 1.29 is 4.57 Å². The number of nitrogens with zero attached hydrogens (tertiary/aromatic N) is 2. The first kappa shape index (κ1) is 15.9. The lowest BCUT2D eigenvalue weighted by Crippen LogP contribution is -2.62. The van der Waals surface area contributed by atoms with E-state index in [-0.39, 0.29) is 0 Å². The van der Waals surface area contributed by atoms with Crippen LogP contribution in [0.1, 0.15) is 31.9 Å². The topological polar surface area (TPSA) is 7.12 Å². The van der Waals surface area contributed by atoms with Crippen molar-refractivity contribution in [2.24, 2.45) is 13.0 Å². The standard InChI is InChI=1S/C20H26BN2/c1-15(2)12-17-10-11-22(4)20(14-17)21-16(3)13-18-8-6-7-9-19(18)23(21)5/h6-11,13-15H,12H2,1-5H3/q+1. The third-order valence-electron chi connectivity index (χ3n) is 4.70. The lowest BCUT2D eigenvalue weighted by molar-refractivity contribution is -0.654. The normalized spacial score (nSPS) is 14.1. The Balaban J connectivity index is 2.05. The Labute approximate surface area is 140 Å². The average Bonchev–Trinajstić information content (AvgIpc) is 2.50. The number of benzene rings is 1. The van der Waals surface area contributed by atoms with Gasteiger partial charge in [-0.25, -0.2) is 4.57 Å². The highest BCUT2D eigenvalue weighted by atomic mass is 15.1. The summed E-state index contributed by atoms with van der Waals surface area (Å²) in [5.74, 6) is 0.678. The molecule has 23 heavy (non-hydrogen) atoms. The minimum Gasteiger partial charge on any atom is -0.404 e. The van der Waals surface area contributed by atoms with Gasteiger partial charge in [0.2, 0.25) is 0 Å². The number of pyridine rings is 1. The maximum absolute atomic E-state index is 2.40. The van der Waals surface area contributed by atoms with Gasteiger partial charge in [-0.2, -0.15) is 0 Å². The van der Waals surface area contributed by atoms with Crippen LogP contribution in [0, 0.1) is 5.92 Å². The summed E-state index contributed by atoms with van der Waals surface area (Å²) in [4.78, 5) is 2.40. The van der Waals surface area contributed by atoms with Gasteiger partial charge in [0, 0.05) is 17.8 Å². The first-order chi connectivity index (χ1) is 11.0. The number of anilines is 1. The molecule has 0 radical (unpaired) electrons. The van der Waals surface area contributed by atoms with Crippen molar-refractivity contribution in [3.63, 3.8) is 0 Å². The van der Waals surface area contributed by atoms with Gasteiger partial charge in [-0.05, 0) is 43.5 Å². The van der Waals surface area contributed by atoms with E-state index in [2.05, 4.69) is 92.9 Å². The minimum atomic E-state index is 0.294. The van der Waals surface area contributed by atoms with Gasteiger partial charge in [0.1, 0.15) is 7.05 Å². The summed E-state index contributed by atoms with van der Waals surface area (Å²) in [7, 11) is 4.35. The van der Waals surface area contributed by atoms with Crippen molar-refractivity contribution in [3.8, 4) is 0 Å². The molecule has 118 valence electrons. The van der Waals surface area contributed by atoms with E-state index in [0.29, 0.717) is 12.8 Å². The van der Waals surface area contributed by atoms with E-state index in [1.807, 2.05) is 0 Å². The molecule has 1 aliphatic rings. The molecule has 0 spiro atoms. The van der Waals surface area contributed by atoms with Gasteiger partial charge in [0.15, 0.2) is 11.8 Å². The van der Waals surface area contributed by atoms with Crippen molar-refractivity contribution in [1.29, 1.82) is 0 Å². The molecule has 2 nitrogen and oxygen atoms in total. The molecule has 0 saturated heterocycles. The SMILES string of the molecule is CC1=Cc2ccccc2N(C)B1c1cc(CC(C)C)cc[n+]1C. The predicted molar refractivity (Wildman–Crippen MR) is 100 cm³/mol. The second-order valence-electron chi connectivity index (χ2n) is 7.13. The van der Waals surface area contributed by atoms with E-state index in [1.165, 1.54) is 27.9 Å². The van der Waals surface area contributed by atoms with E-state index >= 15 is 0 Å². The van der Waals surface area contributed by atoms with Crippen LogP contribution in [0.3, 0.4) is 0 Å². The highest BCUT2D eigenvalue weighted by molar-refractivity contribution is 6.82. The smallest absolute Gasteiger partial charge is 0.399 e. The van der Waals surface area contributed by atoms with Crippen LogP contribution in [0.5, 0.6) is 0 Å². The molecule has 1 aromatic carbocycles. The Morgan fingerprint density at radius 2 is 1.91 bits per heavy atom. The van der Waals surface area contributed by atoms with Crippen LogP contribution in [0.4, 0.5) is 5.69 Å². The molecule has 3 heteroatoms. The van der Waals surface area contributed by atoms with Crippen LogP contribution in [0.25, 0.3) is 6.08 Å². The van der Waals surface area contributed by atoms with E-state index in [1.54, 1.807) is 0 Å². The summed E-state index contributed by atoms with van der Waals surface area (Å²) in [6.07, 6.45) is 5.66. The number of aryl methyl sites for hydroxylation is 1. The molecule has 0 fully saturated rings. The fraction of sp³-hybridized carbons (Fsp3) is 0.350. The van der Waals surface area contributed by atoms with Gasteiger partial charge in [-0.1, -0.05) is 43.6 Å². The number of para-hydroxylation sites is 1. The fourth-order valence-electron chi connectivity index (χ4n) is 3.63. The maximum atomic E-state index is 2.40. The monoisotopic (exact) mass is 305 g/mol. The Morgan fingerprint density at radius 1 is 1.17 bits per heavy atom. The fourth-order valence-corrected chi connectivity index (χ4v) is 3.63. The van der Waals surface area contributed by atoms with Gasteiger partial charge >= 0.3 is 6.85 Å². The van der Waals surface area contributed by atoms with Crippen LogP contribution < -0.4 is 15.0 Å². The molecular formula is C20H26BN2+. The molecule has 3 rings (SSSR count). The lowest BCUT2D eigenvalue weighted by atomic mass is 9.49. The Hall–Kier alpha value is -2.03. The van der Waals surface area contributed by atoms with Crippen LogP contribution in [-0.2, 0) is 13.5 Å². The molecule has 0 unspecified atom stereocenters. The number of hydrogen-bond donors (Lipinski definition) is 0. The largest absolute Gasteiger partial charge is 0.404 e. The average molecular weight is 305 g/mol. The van der Waals surface area contributed by atoms with Gasteiger partial charge in [-0.3, -0.25) is 0 Å². The zero-order valence-corrected chi connectivity index (χ0v) is 14.9. The predicted octanol–water partition coefficient (Wildman–Crippen LogP) is 3.00. The molecule has 1 aliphatic heterocycles. The van der Waals surface area contributed by atoms with Crippen LogP contribution in [0.15, 0.2) is 48.1 Å². The van der Waals surface area contributed by atoms with Gasteiger partial charge in [0.25, 0.3) is 0 Å². The van der Waals surface area contributed by atoms with Crippen molar-refractivity contribution in [3.05, 3.63) is 59.2 Å². The summed E-state index contributed by atoms with van der Waals surface area (Å²) >= 11 is 0. The molecule has 1 aromatic heterocycles. The first-order valence-electron chi connectivity index (χ1n) is 8.46. The molecule has 0 saturated carbocycles. The van der Waals surface area contributed by atoms with Gasteiger partial charge < -0.3 is 4.81 Å². The van der Waals surface area contributed by atoms with Crippen LogP contribution >= 0.6 is 0 Å². The number of rotatable bonds is 3. The van der Waals surface area contributed by atoms with Gasteiger partial charge in [-0.15, -0.1) is 0 Å². The second-order valence-corrected chi connectivity index (χ2v) is 7.13. The number of hydrogen-bond acceptors (Lipinski definition) is 1. The summed E-state index contributed by atoms with van der Waals surface area (Å²) in [5.41, 5.74) is 6.78. The summed E-state index contributed by atoms with van der Waals surface area (Å²) in [5, 5.41) is 0. The molecule has 2 heterocycles. The quantitative estimate of drug-likeness (QED) is 0.624. The van der Waals surface area contributed by atoms with Gasteiger partial charge in [0.05, 0.1) is 0 Å². The molecule has 0 bridgehead atoms. The zero-order chi connectivity index (χ0) is 16.6. The van der Waals surface area contributed by atoms with Crippen LogP contribution in [-0.4, -0.2) is 13.9 Å². The molecular weight excluding hydrogens is 279 g/mol. The van der Waals surface area contributed by atoms with Crippen molar-refractivity contribution >= 4 is 24.2 Å². The second kappa shape index (κ2) is 6.23. The lowest BCUT2D eigenvalue weighted by Gasteiger charge is -2.31. The Bertz CT molecular complexity index is 749. The molecule has 0 atom stereocenters.